The van der Waals surface area contributed by atoms with E-state index in [1.807, 2.05) is 0 Å². The first-order valence-corrected chi connectivity index (χ1v) is 3.99. The van der Waals surface area contributed by atoms with Gasteiger partial charge in [0.05, 0.1) is 0 Å². The fourth-order valence-corrected chi connectivity index (χ4v) is 0.687. The van der Waals surface area contributed by atoms with Crippen molar-refractivity contribution in [2.45, 2.75) is 19.1 Å². The number of carbonyl (C=O) groups is 1. The largest absolute Gasteiger partial charge is 0.481 e. The summed E-state index contributed by atoms with van der Waals surface area (Å²) in [6.45, 7) is 3.84. The molecule has 4 nitrogen and oxygen atoms in total. The Morgan fingerprint density at radius 2 is 2.25 bits per heavy atom. The molecule has 0 aliphatic rings. The SMILES string of the molecule is C=C(S)C(O)NCCCC(=O)O. The number of hydrogen-bond donors (Lipinski definition) is 4. The molecule has 0 fully saturated rings. The monoisotopic (exact) mass is 191 g/mol. The highest BCUT2D eigenvalue weighted by atomic mass is 32.1. The molecule has 0 heterocycles. The van der Waals surface area contributed by atoms with Gasteiger partial charge in [0, 0.05) is 11.3 Å². The first kappa shape index (κ1) is 11.5. The van der Waals surface area contributed by atoms with E-state index in [2.05, 4.69) is 24.5 Å². The summed E-state index contributed by atoms with van der Waals surface area (Å²) in [7, 11) is 0. The van der Waals surface area contributed by atoms with Gasteiger partial charge in [-0.3, -0.25) is 10.1 Å². The molecule has 0 aliphatic carbocycles. The summed E-state index contributed by atoms with van der Waals surface area (Å²) in [4.78, 5) is 10.4. The zero-order chi connectivity index (χ0) is 9.56. The summed E-state index contributed by atoms with van der Waals surface area (Å²) >= 11 is 3.81. The van der Waals surface area contributed by atoms with Gasteiger partial charge in [0.2, 0.25) is 0 Å². The van der Waals surface area contributed by atoms with E-state index in [4.69, 9.17) is 10.2 Å². The number of hydrogen-bond acceptors (Lipinski definition) is 4. The van der Waals surface area contributed by atoms with Gasteiger partial charge in [0.15, 0.2) is 0 Å². The normalized spacial score (nSPS) is 12.5. The molecule has 0 amide bonds. The third kappa shape index (κ3) is 6.21. The fourth-order valence-electron chi connectivity index (χ4n) is 0.596. The van der Waals surface area contributed by atoms with Gasteiger partial charge in [-0.1, -0.05) is 6.58 Å². The van der Waals surface area contributed by atoms with E-state index >= 15 is 0 Å². The van der Waals surface area contributed by atoms with Crippen LogP contribution in [0.4, 0.5) is 0 Å². The first-order chi connectivity index (χ1) is 5.54. The first-order valence-electron chi connectivity index (χ1n) is 3.55. The van der Waals surface area contributed by atoms with Crippen LogP contribution in [-0.2, 0) is 4.79 Å². The molecule has 5 heteroatoms. The molecule has 0 bridgehead atoms. The van der Waals surface area contributed by atoms with Gasteiger partial charge in [-0.2, -0.15) is 0 Å². The molecule has 12 heavy (non-hydrogen) atoms. The van der Waals surface area contributed by atoms with Crippen LogP contribution in [0.3, 0.4) is 0 Å². The van der Waals surface area contributed by atoms with E-state index in [0.29, 0.717) is 17.9 Å². The third-order valence-electron chi connectivity index (χ3n) is 1.22. The second-order valence-electron chi connectivity index (χ2n) is 2.35. The molecule has 0 saturated carbocycles. The van der Waals surface area contributed by atoms with Crippen LogP contribution in [0, 0.1) is 0 Å². The highest BCUT2D eigenvalue weighted by Crippen LogP contribution is 2.00. The quantitative estimate of drug-likeness (QED) is 0.275. The van der Waals surface area contributed by atoms with Gasteiger partial charge in [-0.15, -0.1) is 12.6 Å². The standard InChI is InChI=1S/C7H13NO3S/c1-5(12)7(11)8-4-2-3-6(9)10/h7-8,11-12H,1-4H2,(H,9,10). The Kier molecular flexibility index (Phi) is 5.79. The van der Waals surface area contributed by atoms with Crippen LogP contribution in [0.5, 0.6) is 0 Å². The van der Waals surface area contributed by atoms with Crippen LogP contribution in [0.15, 0.2) is 11.5 Å². The number of nitrogens with one attached hydrogen (secondary N) is 1. The lowest BCUT2D eigenvalue weighted by atomic mass is 10.3. The molecule has 0 radical (unpaired) electrons. The summed E-state index contributed by atoms with van der Waals surface area (Å²) < 4.78 is 0. The topological polar surface area (TPSA) is 69.6 Å². The minimum atomic E-state index is -0.859. The number of rotatable bonds is 6. The van der Waals surface area contributed by atoms with Crippen LogP contribution < -0.4 is 5.32 Å². The maximum atomic E-state index is 10.1. The average molecular weight is 191 g/mol. The zero-order valence-corrected chi connectivity index (χ0v) is 7.55. The van der Waals surface area contributed by atoms with Gasteiger partial charge in [-0.25, -0.2) is 0 Å². The van der Waals surface area contributed by atoms with E-state index in [0.717, 1.165) is 0 Å². The number of thiol groups is 1. The molecule has 70 valence electrons. The van der Waals surface area contributed by atoms with Crippen molar-refractivity contribution in [2.24, 2.45) is 0 Å². The number of carboxylic acids is 1. The lowest BCUT2D eigenvalue weighted by molar-refractivity contribution is -0.137. The van der Waals surface area contributed by atoms with Gasteiger partial charge in [-0.05, 0) is 13.0 Å². The second-order valence-corrected chi connectivity index (χ2v) is 2.92. The predicted octanol–water partition coefficient (Wildman–Crippen LogP) is 0.203. The lowest BCUT2D eigenvalue weighted by Crippen LogP contribution is -2.29. The molecule has 1 unspecified atom stereocenters. The van der Waals surface area contributed by atoms with E-state index in [-0.39, 0.29) is 6.42 Å². The average Bonchev–Trinajstić information content (AvgIpc) is 1.97. The molecule has 0 aromatic heterocycles. The zero-order valence-electron chi connectivity index (χ0n) is 6.66. The lowest BCUT2D eigenvalue weighted by Gasteiger charge is -2.10. The second kappa shape index (κ2) is 6.05. The van der Waals surface area contributed by atoms with Gasteiger partial charge in [0.1, 0.15) is 6.23 Å². The summed E-state index contributed by atoms with van der Waals surface area (Å²) in [6, 6.07) is 0. The molecule has 0 rings (SSSR count). The van der Waals surface area contributed by atoms with Crippen molar-refractivity contribution in [3.8, 4) is 0 Å². The molecule has 0 aromatic rings. The van der Waals surface area contributed by atoms with Crippen LogP contribution in [-0.4, -0.2) is 29.0 Å². The molecule has 1 atom stereocenters. The Hall–Kier alpha value is -0.520. The molecule has 3 N–H and O–H groups in total. The fraction of sp³-hybridized carbons (Fsp3) is 0.571. The third-order valence-corrected chi connectivity index (χ3v) is 1.47. The molecule has 0 saturated heterocycles. The van der Waals surface area contributed by atoms with E-state index in [1.54, 1.807) is 0 Å². The van der Waals surface area contributed by atoms with Gasteiger partial charge < -0.3 is 10.2 Å². The van der Waals surface area contributed by atoms with Crippen LogP contribution in [0.25, 0.3) is 0 Å². The highest BCUT2D eigenvalue weighted by molar-refractivity contribution is 7.84. The Balaban J connectivity index is 3.31. The van der Waals surface area contributed by atoms with Crippen LogP contribution in [0.1, 0.15) is 12.8 Å². The van der Waals surface area contributed by atoms with Crippen molar-refractivity contribution < 1.29 is 15.0 Å². The van der Waals surface area contributed by atoms with Crippen molar-refractivity contribution in [2.75, 3.05) is 6.54 Å². The Morgan fingerprint density at radius 3 is 2.67 bits per heavy atom. The Morgan fingerprint density at radius 1 is 1.67 bits per heavy atom. The predicted molar refractivity (Wildman–Crippen MR) is 49.0 cm³/mol. The molecular formula is C7H13NO3S. The van der Waals surface area contributed by atoms with Crippen molar-refractivity contribution in [3.05, 3.63) is 11.5 Å². The summed E-state index contributed by atoms with van der Waals surface area (Å²) in [5.41, 5.74) is 0. The van der Waals surface area contributed by atoms with Crippen molar-refractivity contribution in [1.29, 1.82) is 0 Å². The smallest absolute Gasteiger partial charge is 0.303 e. The molecule has 0 spiro atoms. The Bertz CT molecular complexity index is 172. The van der Waals surface area contributed by atoms with E-state index in [1.165, 1.54) is 0 Å². The van der Waals surface area contributed by atoms with E-state index in [9.17, 15) is 4.79 Å². The number of aliphatic carboxylic acids is 1. The minimum Gasteiger partial charge on any atom is -0.481 e. The number of aliphatic hydroxyl groups excluding tert-OH is 1. The molecular weight excluding hydrogens is 178 g/mol. The van der Waals surface area contributed by atoms with E-state index < -0.39 is 12.2 Å². The Labute approximate surface area is 76.7 Å². The maximum Gasteiger partial charge on any atom is 0.303 e. The van der Waals surface area contributed by atoms with Crippen molar-refractivity contribution in [3.63, 3.8) is 0 Å². The van der Waals surface area contributed by atoms with Crippen LogP contribution >= 0.6 is 12.6 Å². The minimum absolute atomic E-state index is 0.0960. The number of aliphatic hydroxyl groups is 1. The maximum absolute atomic E-state index is 10.1. The van der Waals surface area contributed by atoms with Crippen molar-refractivity contribution >= 4 is 18.6 Å². The van der Waals surface area contributed by atoms with Crippen LogP contribution in [0.2, 0.25) is 0 Å². The summed E-state index contributed by atoms with van der Waals surface area (Å²) in [5, 5.41) is 20.0. The van der Waals surface area contributed by atoms with Gasteiger partial charge >= 0.3 is 5.97 Å². The highest BCUT2D eigenvalue weighted by Gasteiger charge is 2.03. The summed E-state index contributed by atoms with van der Waals surface area (Å²) in [6.07, 6.45) is -0.284. The molecule has 0 aromatic carbocycles. The molecule has 0 aliphatic heterocycles. The summed E-state index contributed by atoms with van der Waals surface area (Å²) in [5.74, 6) is -0.837. The number of carboxylic acid groups (broad SMARTS) is 1. The van der Waals surface area contributed by atoms with Gasteiger partial charge in [0.25, 0.3) is 0 Å². The van der Waals surface area contributed by atoms with Crippen molar-refractivity contribution in [1.82, 2.24) is 5.32 Å².